The van der Waals surface area contributed by atoms with Crippen molar-refractivity contribution in [3.63, 3.8) is 0 Å². The topological polar surface area (TPSA) is 114 Å². The predicted octanol–water partition coefficient (Wildman–Crippen LogP) is 4.54. The Labute approximate surface area is 243 Å². The van der Waals surface area contributed by atoms with E-state index in [1.807, 2.05) is 6.92 Å². The summed E-state index contributed by atoms with van der Waals surface area (Å²) in [7, 11) is 0. The van der Waals surface area contributed by atoms with Gasteiger partial charge in [0.05, 0.1) is 18.2 Å². The van der Waals surface area contributed by atoms with Gasteiger partial charge in [-0.2, -0.15) is 0 Å². The monoisotopic (exact) mass is 583 g/mol. The van der Waals surface area contributed by atoms with Gasteiger partial charge in [0.2, 0.25) is 5.91 Å². The fourth-order valence-corrected chi connectivity index (χ4v) is 5.55. The van der Waals surface area contributed by atoms with Gasteiger partial charge >= 0.3 is 0 Å². The fraction of sp³-hybridized carbons (Fsp3) is 0.375. The van der Waals surface area contributed by atoms with E-state index >= 15 is 0 Å². The Morgan fingerprint density at radius 3 is 2.36 bits per heavy atom. The van der Waals surface area contributed by atoms with E-state index in [2.05, 4.69) is 10.6 Å². The summed E-state index contributed by atoms with van der Waals surface area (Å²) in [6.07, 6.45) is -0.141. The molecule has 4 rings (SSSR count). The van der Waals surface area contributed by atoms with Crippen LogP contribution in [0.2, 0.25) is 0 Å². The molecule has 1 aliphatic heterocycles. The maximum absolute atomic E-state index is 14.2. The molecule has 5 N–H and O–H groups in total. The zero-order chi connectivity index (χ0) is 30.4. The number of amides is 2. The van der Waals surface area contributed by atoms with E-state index < -0.39 is 53.4 Å². The molecule has 7 nitrogen and oxygen atoms in total. The molecule has 1 unspecified atom stereocenters. The van der Waals surface area contributed by atoms with Gasteiger partial charge in [-0.05, 0) is 79.3 Å². The van der Waals surface area contributed by atoms with Crippen LogP contribution in [-0.4, -0.2) is 48.3 Å². The van der Waals surface area contributed by atoms with Gasteiger partial charge < -0.3 is 26.2 Å². The second kappa shape index (κ2) is 14.0. The number of hydrogen-bond donors (Lipinski definition) is 4. The highest BCUT2D eigenvalue weighted by Crippen LogP contribution is 2.35. The Bertz CT molecular complexity index is 1380. The number of rotatable bonds is 12. The molecule has 0 bridgehead atoms. The van der Waals surface area contributed by atoms with Crippen LogP contribution in [0.5, 0.6) is 0 Å². The normalized spacial score (nSPS) is 18.8. The number of nitrogens with two attached hydrogens (primary N) is 1. The largest absolute Gasteiger partial charge is 0.391 e. The summed E-state index contributed by atoms with van der Waals surface area (Å²) in [5.41, 5.74) is 6.90. The van der Waals surface area contributed by atoms with E-state index in [1.165, 1.54) is 30.3 Å². The highest BCUT2D eigenvalue weighted by atomic mass is 19.1. The lowest BCUT2D eigenvalue weighted by molar-refractivity contribution is 0.0550. The quantitative estimate of drug-likeness (QED) is 0.250. The summed E-state index contributed by atoms with van der Waals surface area (Å²) in [6.45, 7) is 4.77. The number of aliphatic hydroxyl groups is 1. The number of carbonyl (C=O) groups excluding carboxylic acids is 2. The van der Waals surface area contributed by atoms with Crippen LogP contribution in [-0.2, 0) is 11.2 Å². The minimum atomic E-state index is -1.19. The average molecular weight is 584 g/mol. The zero-order valence-electron chi connectivity index (χ0n) is 23.6. The van der Waals surface area contributed by atoms with Gasteiger partial charge in [-0.25, -0.2) is 13.2 Å². The third kappa shape index (κ3) is 7.56. The van der Waals surface area contributed by atoms with Gasteiger partial charge in [0.15, 0.2) is 0 Å². The van der Waals surface area contributed by atoms with Crippen LogP contribution in [0, 0.1) is 17.5 Å². The molecular weight excluding hydrogens is 547 g/mol. The smallest absolute Gasteiger partial charge is 0.252 e. The van der Waals surface area contributed by atoms with Crippen LogP contribution >= 0.6 is 0 Å². The van der Waals surface area contributed by atoms with Crippen molar-refractivity contribution in [2.24, 2.45) is 5.73 Å². The molecule has 0 spiro atoms. The summed E-state index contributed by atoms with van der Waals surface area (Å²) in [6, 6.07) is 12.2. The lowest BCUT2D eigenvalue weighted by Crippen LogP contribution is -2.41. The van der Waals surface area contributed by atoms with E-state index in [9.17, 15) is 27.9 Å². The Balaban J connectivity index is 1.75. The Morgan fingerprint density at radius 2 is 1.71 bits per heavy atom. The minimum absolute atomic E-state index is 0.00906. The number of ether oxygens (including phenoxy) is 1. The van der Waals surface area contributed by atoms with Crippen molar-refractivity contribution >= 4 is 11.8 Å². The summed E-state index contributed by atoms with van der Waals surface area (Å²) in [5, 5.41) is 17.9. The van der Waals surface area contributed by atoms with Crippen LogP contribution in [0.15, 0.2) is 60.7 Å². The first kappa shape index (κ1) is 31.2. The highest BCUT2D eigenvalue weighted by Gasteiger charge is 2.38. The van der Waals surface area contributed by atoms with Gasteiger partial charge in [0, 0.05) is 42.3 Å². The van der Waals surface area contributed by atoms with Crippen molar-refractivity contribution in [1.82, 2.24) is 10.6 Å². The van der Waals surface area contributed by atoms with Gasteiger partial charge in [-0.1, -0.05) is 25.1 Å². The lowest BCUT2D eigenvalue weighted by atomic mass is 9.79. The second-order valence-electron chi connectivity index (χ2n) is 10.7. The molecule has 0 aromatic heterocycles. The molecule has 3 aromatic rings. The lowest BCUT2D eigenvalue weighted by Gasteiger charge is -2.31. The van der Waals surface area contributed by atoms with Crippen molar-refractivity contribution < 1.29 is 32.6 Å². The summed E-state index contributed by atoms with van der Waals surface area (Å²) in [4.78, 5) is 26.4. The maximum atomic E-state index is 14.2. The van der Waals surface area contributed by atoms with Crippen LogP contribution in [0.3, 0.4) is 0 Å². The number of aliphatic hydroxyl groups excluding tert-OH is 1. The van der Waals surface area contributed by atoms with Crippen LogP contribution in [0.25, 0.3) is 0 Å². The molecule has 3 aromatic carbocycles. The van der Waals surface area contributed by atoms with E-state index in [0.29, 0.717) is 25.1 Å². The van der Waals surface area contributed by atoms with Crippen LogP contribution in [0.4, 0.5) is 13.2 Å². The Hall–Kier alpha value is -3.73. The number of nitrogens with one attached hydrogen (secondary N) is 2. The van der Waals surface area contributed by atoms with E-state index in [0.717, 1.165) is 24.6 Å². The second-order valence-corrected chi connectivity index (χ2v) is 10.7. The molecule has 1 heterocycles. The first-order valence-electron chi connectivity index (χ1n) is 14.0. The zero-order valence-corrected chi connectivity index (χ0v) is 23.6. The van der Waals surface area contributed by atoms with Gasteiger partial charge in [-0.3, -0.25) is 9.59 Å². The van der Waals surface area contributed by atoms with Gasteiger partial charge in [0.1, 0.15) is 17.5 Å². The molecule has 2 amide bonds. The average Bonchev–Trinajstić information content (AvgIpc) is 3.43. The molecule has 5 atom stereocenters. The molecule has 0 aliphatic carbocycles. The summed E-state index contributed by atoms with van der Waals surface area (Å²) < 4.78 is 47.7. The van der Waals surface area contributed by atoms with Crippen molar-refractivity contribution in [3.8, 4) is 0 Å². The molecule has 224 valence electrons. The molecule has 1 saturated heterocycles. The van der Waals surface area contributed by atoms with Crippen molar-refractivity contribution in [1.29, 1.82) is 0 Å². The van der Waals surface area contributed by atoms with Crippen LogP contribution in [0.1, 0.15) is 76.1 Å². The third-order valence-corrected chi connectivity index (χ3v) is 7.59. The molecule has 0 radical (unpaired) electrons. The highest BCUT2D eigenvalue weighted by molar-refractivity contribution is 6.02. The fourth-order valence-electron chi connectivity index (χ4n) is 5.55. The molecule has 0 saturated carbocycles. The summed E-state index contributed by atoms with van der Waals surface area (Å²) >= 11 is 0. The Kier molecular flexibility index (Phi) is 10.4. The van der Waals surface area contributed by atoms with Gasteiger partial charge in [-0.15, -0.1) is 0 Å². The van der Waals surface area contributed by atoms with Crippen molar-refractivity contribution in [2.45, 2.75) is 63.3 Å². The van der Waals surface area contributed by atoms with E-state index in [1.54, 1.807) is 19.1 Å². The van der Waals surface area contributed by atoms with Crippen molar-refractivity contribution in [2.75, 3.05) is 13.2 Å². The first-order valence-corrected chi connectivity index (χ1v) is 14.0. The number of hydrogen-bond acceptors (Lipinski definition) is 5. The molecule has 10 heteroatoms. The number of halogens is 3. The summed E-state index contributed by atoms with van der Waals surface area (Å²) in [5.74, 6) is -4.34. The Morgan fingerprint density at radius 1 is 1.05 bits per heavy atom. The third-order valence-electron chi connectivity index (χ3n) is 7.59. The first-order chi connectivity index (χ1) is 20.1. The SMILES string of the molecule is CCCO[C@H]1CN[C@@H]([C@H](O)[C@@H](Cc2cc(F)cc(F)c2)c2c(C(N)=O)cccc2C(=O)NC(C)c2ccc(F)cc2)C1. The van der Waals surface area contributed by atoms with E-state index in [4.69, 9.17) is 10.5 Å². The predicted molar refractivity (Wildman–Crippen MR) is 152 cm³/mol. The number of carbonyl (C=O) groups is 2. The molecule has 1 fully saturated rings. The van der Waals surface area contributed by atoms with Crippen LogP contribution < -0.4 is 16.4 Å². The number of primary amides is 1. The number of benzene rings is 3. The van der Waals surface area contributed by atoms with Gasteiger partial charge in [0.25, 0.3) is 5.91 Å². The maximum Gasteiger partial charge on any atom is 0.252 e. The minimum Gasteiger partial charge on any atom is -0.391 e. The standard InChI is InChI=1S/C32H36F3N3O4/c1-3-11-42-24-16-28(37-17-24)30(39)27(14-19-12-22(34)15-23(35)13-19)29-25(31(36)40)5-4-6-26(29)32(41)38-18(2)20-7-9-21(33)10-8-20/h4-10,12-13,15,18,24,27-28,30,37,39H,3,11,14,16-17H2,1-2H3,(H2,36,40)(H,38,41)/t18?,24-,27+,28-,30-/m1/s1. The molecule has 42 heavy (non-hydrogen) atoms. The molecular formula is C32H36F3N3O4. The van der Waals surface area contributed by atoms with Crippen molar-refractivity contribution in [3.05, 3.63) is 106 Å². The molecule has 1 aliphatic rings. The van der Waals surface area contributed by atoms with E-state index in [-0.39, 0.29) is 34.8 Å².